The summed E-state index contributed by atoms with van der Waals surface area (Å²) in [6.07, 6.45) is 1.79. The maximum Gasteiger partial charge on any atom is 0.413 e. The van der Waals surface area contributed by atoms with Gasteiger partial charge in [0.2, 0.25) is 0 Å². The van der Waals surface area contributed by atoms with Gasteiger partial charge in [0.25, 0.3) is 0 Å². The lowest BCUT2D eigenvalue weighted by atomic mass is 10.1. The number of nitrogens with zero attached hydrogens (tertiary/aromatic N) is 2. The molecule has 7 heteroatoms. The zero-order chi connectivity index (χ0) is 19.9. The second-order valence-corrected chi connectivity index (χ2v) is 7.91. The lowest BCUT2D eigenvalue weighted by Gasteiger charge is -2.20. The molecule has 1 aliphatic rings. The number of nitrogens with one attached hydrogen (secondary N) is 1. The maximum absolute atomic E-state index is 12.0. The largest absolute Gasteiger partial charge is 0.444 e. The number of carbonyl (C=O) groups excluding carboxylic acids is 1. The van der Waals surface area contributed by atoms with Crippen molar-refractivity contribution in [3.05, 3.63) is 23.4 Å². The number of aliphatic hydroxyl groups excluding tert-OH is 1. The molecule has 1 aliphatic heterocycles. The molecule has 152 valence electrons. The average Bonchev–Trinajstić information content (AvgIpc) is 2.96. The van der Waals surface area contributed by atoms with E-state index in [1.807, 2.05) is 39.8 Å². The number of amides is 1. The third kappa shape index (κ3) is 7.82. The molecule has 0 radical (unpaired) electrons. The van der Waals surface area contributed by atoms with Crippen LogP contribution in [0.3, 0.4) is 0 Å². The first-order valence-corrected chi connectivity index (χ1v) is 9.74. The van der Waals surface area contributed by atoms with E-state index in [4.69, 9.17) is 9.47 Å². The van der Waals surface area contributed by atoms with Crippen molar-refractivity contribution in [1.82, 2.24) is 9.88 Å². The number of likely N-dealkylation sites (tertiary alicyclic amines) is 1. The van der Waals surface area contributed by atoms with Crippen LogP contribution in [0.1, 0.15) is 51.8 Å². The van der Waals surface area contributed by atoms with Gasteiger partial charge in [-0.2, -0.15) is 0 Å². The first-order chi connectivity index (χ1) is 12.8. The smallest absolute Gasteiger partial charge is 0.413 e. The molecule has 2 rings (SSSR count). The van der Waals surface area contributed by atoms with Crippen LogP contribution in [0.15, 0.2) is 12.1 Å². The van der Waals surface area contributed by atoms with Gasteiger partial charge in [-0.15, -0.1) is 0 Å². The number of anilines is 1. The highest BCUT2D eigenvalue weighted by molar-refractivity contribution is 5.83. The van der Waals surface area contributed by atoms with Crippen molar-refractivity contribution in [1.29, 1.82) is 0 Å². The van der Waals surface area contributed by atoms with E-state index >= 15 is 0 Å². The maximum atomic E-state index is 12.0. The fraction of sp³-hybridized carbons (Fsp3) is 0.700. The van der Waals surface area contributed by atoms with E-state index in [9.17, 15) is 9.90 Å². The molecule has 1 saturated heterocycles. The highest BCUT2D eigenvalue weighted by atomic mass is 16.6. The van der Waals surface area contributed by atoms with Gasteiger partial charge in [0.05, 0.1) is 11.8 Å². The van der Waals surface area contributed by atoms with Crippen LogP contribution >= 0.6 is 0 Å². The molecule has 0 aromatic carbocycles. The van der Waals surface area contributed by atoms with Crippen LogP contribution < -0.4 is 5.32 Å². The first-order valence-electron chi connectivity index (χ1n) is 9.74. The number of pyridine rings is 1. The van der Waals surface area contributed by atoms with E-state index < -0.39 is 11.7 Å². The van der Waals surface area contributed by atoms with Gasteiger partial charge in [0, 0.05) is 32.8 Å². The van der Waals surface area contributed by atoms with Gasteiger partial charge in [0.1, 0.15) is 11.4 Å². The number of hydrogen-bond acceptors (Lipinski definition) is 6. The molecule has 0 aliphatic carbocycles. The molecule has 1 aromatic heterocycles. The standard InChI is InChI=1S/C20H33N3O4/c1-5-26-12-6-7-15-8-9-18(22-19(25)27-20(2,3)4)21-17(15)14-23-11-10-16(24)13-23/h8-9,16,24H,5-7,10-14H2,1-4H3,(H,21,22,25)/t16-/m1/s1. The zero-order valence-corrected chi connectivity index (χ0v) is 17.0. The molecule has 7 nitrogen and oxygen atoms in total. The monoisotopic (exact) mass is 379 g/mol. The van der Waals surface area contributed by atoms with E-state index in [2.05, 4.69) is 15.2 Å². The van der Waals surface area contributed by atoms with Crippen molar-refractivity contribution in [3.63, 3.8) is 0 Å². The molecule has 1 atom stereocenters. The Balaban J connectivity index is 2.07. The summed E-state index contributed by atoms with van der Waals surface area (Å²) < 4.78 is 10.7. The summed E-state index contributed by atoms with van der Waals surface area (Å²) in [6.45, 7) is 11.1. The molecule has 1 fully saturated rings. The SMILES string of the molecule is CCOCCCc1ccc(NC(=O)OC(C)(C)C)nc1CN1CC[C@@H](O)C1. The quantitative estimate of drug-likeness (QED) is 0.676. The first kappa shape index (κ1) is 21.6. The van der Waals surface area contributed by atoms with Gasteiger partial charge < -0.3 is 14.6 Å². The van der Waals surface area contributed by atoms with Gasteiger partial charge in [-0.1, -0.05) is 6.07 Å². The lowest BCUT2D eigenvalue weighted by Crippen LogP contribution is -2.28. The van der Waals surface area contributed by atoms with Crippen LogP contribution in [0.2, 0.25) is 0 Å². The predicted molar refractivity (Wildman–Crippen MR) is 105 cm³/mol. The molecule has 0 saturated carbocycles. The second kappa shape index (κ2) is 10.0. The summed E-state index contributed by atoms with van der Waals surface area (Å²) in [5, 5.41) is 12.5. The number of aromatic nitrogens is 1. The summed E-state index contributed by atoms with van der Waals surface area (Å²) in [5.41, 5.74) is 1.51. The number of carbonyl (C=O) groups is 1. The van der Waals surface area contributed by atoms with Gasteiger partial charge in [0.15, 0.2) is 0 Å². The number of β-amino-alcohol motifs (C(OH)–C–C–N with tert-alkyl or cyclic N) is 1. The number of hydrogen-bond donors (Lipinski definition) is 2. The Bertz CT molecular complexity index is 616. The predicted octanol–water partition coefficient (Wildman–Crippen LogP) is 2.96. The van der Waals surface area contributed by atoms with E-state index in [-0.39, 0.29) is 6.10 Å². The molecular formula is C20H33N3O4. The molecule has 1 aromatic rings. The van der Waals surface area contributed by atoms with E-state index in [1.54, 1.807) is 0 Å². The molecule has 0 unspecified atom stereocenters. The Kier molecular flexibility index (Phi) is 8.01. The Labute approximate surface area is 162 Å². The Hall–Kier alpha value is -1.70. The summed E-state index contributed by atoms with van der Waals surface area (Å²) in [5.74, 6) is 0.479. The van der Waals surface area contributed by atoms with Gasteiger partial charge in [-0.3, -0.25) is 10.2 Å². The number of aliphatic hydroxyl groups is 1. The summed E-state index contributed by atoms with van der Waals surface area (Å²) >= 11 is 0. The molecule has 2 heterocycles. The minimum absolute atomic E-state index is 0.269. The van der Waals surface area contributed by atoms with Crippen LogP contribution in [-0.4, -0.2) is 59.1 Å². The third-order valence-electron chi connectivity index (χ3n) is 4.26. The molecule has 27 heavy (non-hydrogen) atoms. The number of ether oxygens (including phenoxy) is 2. The number of rotatable bonds is 8. The van der Waals surface area contributed by atoms with E-state index in [1.165, 1.54) is 0 Å². The van der Waals surface area contributed by atoms with Crippen LogP contribution in [0.5, 0.6) is 0 Å². The number of aryl methyl sites for hydroxylation is 1. The van der Waals surface area contributed by atoms with Crippen molar-refractivity contribution >= 4 is 11.9 Å². The van der Waals surface area contributed by atoms with E-state index in [0.717, 1.165) is 50.3 Å². The van der Waals surface area contributed by atoms with Crippen LogP contribution in [-0.2, 0) is 22.4 Å². The zero-order valence-electron chi connectivity index (χ0n) is 17.0. The van der Waals surface area contributed by atoms with Crippen molar-refractivity contribution in [3.8, 4) is 0 Å². The highest BCUT2D eigenvalue weighted by Crippen LogP contribution is 2.19. The summed E-state index contributed by atoms with van der Waals surface area (Å²) in [4.78, 5) is 18.9. The third-order valence-corrected chi connectivity index (χ3v) is 4.26. The fourth-order valence-electron chi connectivity index (χ4n) is 3.05. The van der Waals surface area contributed by atoms with Crippen LogP contribution in [0.4, 0.5) is 10.6 Å². The minimum Gasteiger partial charge on any atom is -0.444 e. The lowest BCUT2D eigenvalue weighted by molar-refractivity contribution is 0.0635. The summed E-state index contributed by atoms with van der Waals surface area (Å²) in [7, 11) is 0. The fourth-order valence-corrected chi connectivity index (χ4v) is 3.05. The Morgan fingerprint density at radius 1 is 1.41 bits per heavy atom. The molecule has 0 spiro atoms. The van der Waals surface area contributed by atoms with Gasteiger partial charge >= 0.3 is 6.09 Å². The van der Waals surface area contributed by atoms with Crippen molar-refractivity contribution in [2.45, 2.75) is 65.2 Å². The van der Waals surface area contributed by atoms with Crippen molar-refractivity contribution in [2.75, 3.05) is 31.6 Å². The second-order valence-electron chi connectivity index (χ2n) is 7.91. The highest BCUT2D eigenvalue weighted by Gasteiger charge is 2.22. The molecule has 1 amide bonds. The molecule has 0 bridgehead atoms. The topological polar surface area (TPSA) is 83.9 Å². The average molecular weight is 380 g/mol. The van der Waals surface area contributed by atoms with Crippen molar-refractivity contribution in [2.24, 2.45) is 0 Å². The minimum atomic E-state index is -0.558. The normalized spacial score (nSPS) is 17.9. The Morgan fingerprint density at radius 3 is 2.81 bits per heavy atom. The Morgan fingerprint density at radius 2 is 2.19 bits per heavy atom. The molecular weight excluding hydrogens is 346 g/mol. The van der Waals surface area contributed by atoms with Crippen LogP contribution in [0, 0.1) is 0 Å². The van der Waals surface area contributed by atoms with E-state index in [0.29, 0.717) is 18.9 Å². The summed E-state index contributed by atoms with van der Waals surface area (Å²) in [6, 6.07) is 3.82. The van der Waals surface area contributed by atoms with Crippen LogP contribution in [0.25, 0.3) is 0 Å². The van der Waals surface area contributed by atoms with Gasteiger partial charge in [-0.25, -0.2) is 9.78 Å². The van der Waals surface area contributed by atoms with Gasteiger partial charge in [-0.05, 0) is 58.6 Å². The molecule has 2 N–H and O–H groups in total. The van der Waals surface area contributed by atoms with Crippen molar-refractivity contribution < 1.29 is 19.4 Å².